The van der Waals surface area contributed by atoms with Gasteiger partial charge in [-0.05, 0) is 43.3 Å². The zero-order chi connectivity index (χ0) is 20.2. The normalized spacial score (nSPS) is 22.7. The Morgan fingerprint density at radius 2 is 1.90 bits per heavy atom. The molecule has 1 aromatic heterocycles. The van der Waals surface area contributed by atoms with E-state index in [1.54, 1.807) is 43.3 Å². The van der Waals surface area contributed by atoms with Gasteiger partial charge in [-0.15, -0.1) is 0 Å². The van der Waals surface area contributed by atoms with Crippen molar-refractivity contribution in [3.8, 4) is 5.75 Å². The van der Waals surface area contributed by atoms with Gasteiger partial charge in [0.05, 0.1) is 11.1 Å². The molecule has 0 saturated carbocycles. The number of halogens is 1. The van der Waals surface area contributed by atoms with Crippen LogP contribution >= 0.6 is 11.6 Å². The van der Waals surface area contributed by atoms with Crippen molar-refractivity contribution >= 4 is 28.3 Å². The quantitative estimate of drug-likeness (QED) is 0.563. The number of rotatable bonds is 2. The summed E-state index contributed by atoms with van der Waals surface area (Å²) in [7, 11) is 0. The van der Waals surface area contributed by atoms with Crippen molar-refractivity contribution < 1.29 is 14.4 Å². The number of hydrogen-bond donors (Lipinski definition) is 3. The summed E-state index contributed by atoms with van der Waals surface area (Å²) in [5.74, 6) is -0.656. The Balaban J connectivity index is 1.73. The van der Waals surface area contributed by atoms with Crippen molar-refractivity contribution in [3.05, 3.63) is 86.9 Å². The fourth-order valence-corrected chi connectivity index (χ4v) is 3.80. The van der Waals surface area contributed by atoms with Crippen molar-refractivity contribution in [2.75, 3.05) is 0 Å². The number of aromatic amines is 1. The molecule has 0 radical (unpaired) electrons. The number of benzene rings is 2. The minimum Gasteiger partial charge on any atom is -0.451 e. The highest BCUT2D eigenvalue weighted by molar-refractivity contribution is 6.30. The number of hydroxylamine groups is 1. The maximum absolute atomic E-state index is 13.4. The number of Topliss-reactive ketones (excluding diaryl/α,β-unsaturated/α-hetero) is 1. The standard InChI is InChI=1S/C21H16ClN3O4/c1-11-10-21(25-29-11)24-17(18(26)12-6-8-13(22)9-7-12)16-19(28-21)14-4-2-3-5-15(14)23-20(16)27/h2-10,17,24-25H,1H3,(H,23,27). The molecule has 3 N–H and O–H groups in total. The molecule has 29 heavy (non-hydrogen) atoms. The van der Waals surface area contributed by atoms with E-state index in [0.29, 0.717) is 33.0 Å². The van der Waals surface area contributed by atoms with Crippen LogP contribution in [0.3, 0.4) is 0 Å². The Morgan fingerprint density at radius 3 is 2.62 bits per heavy atom. The first kappa shape index (κ1) is 17.9. The van der Waals surface area contributed by atoms with Gasteiger partial charge in [0.25, 0.3) is 11.4 Å². The van der Waals surface area contributed by atoms with E-state index in [9.17, 15) is 9.59 Å². The van der Waals surface area contributed by atoms with Gasteiger partial charge in [0.2, 0.25) is 0 Å². The summed E-state index contributed by atoms with van der Waals surface area (Å²) in [5, 5.41) is 4.31. The summed E-state index contributed by atoms with van der Waals surface area (Å²) < 4.78 is 6.16. The number of allylic oxidation sites excluding steroid dienone is 1. The van der Waals surface area contributed by atoms with Crippen molar-refractivity contribution in [3.63, 3.8) is 0 Å². The molecule has 7 nitrogen and oxygen atoms in total. The molecule has 0 aliphatic carbocycles. The van der Waals surface area contributed by atoms with E-state index in [1.807, 2.05) is 18.2 Å². The number of fused-ring (bicyclic) bond motifs is 3. The predicted molar refractivity (Wildman–Crippen MR) is 108 cm³/mol. The third-order valence-corrected chi connectivity index (χ3v) is 5.23. The number of nitrogens with one attached hydrogen (secondary N) is 3. The van der Waals surface area contributed by atoms with Gasteiger partial charge >= 0.3 is 0 Å². The lowest BCUT2D eigenvalue weighted by Gasteiger charge is -2.38. The zero-order valence-electron chi connectivity index (χ0n) is 15.3. The van der Waals surface area contributed by atoms with Crippen molar-refractivity contribution in [2.24, 2.45) is 0 Å². The van der Waals surface area contributed by atoms with Crippen LogP contribution in [0.1, 0.15) is 28.9 Å². The number of carbonyl (C=O) groups is 1. The molecule has 5 rings (SSSR count). The van der Waals surface area contributed by atoms with Crippen LogP contribution in [-0.2, 0) is 4.84 Å². The maximum Gasteiger partial charge on any atom is 0.272 e. The van der Waals surface area contributed by atoms with Gasteiger partial charge in [0.1, 0.15) is 17.6 Å². The molecule has 2 aromatic carbocycles. The SMILES string of the molecule is CC1=CC2(NO1)NC(C(=O)c1ccc(Cl)cc1)c1c(c3ccccc3[nH]c1=O)O2. The first-order valence-electron chi connectivity index (χ1n) is 9.01. The largest absolute Gasteiger partial charge is 0.451 e. The van der Waals surface area contributed by atoms with E-state index in [4.69, 9.17) is 21.2 Å². The van der Waals surface area contributed by atoms with E-state index >= 15 is 0 Å². The molecule has 0 fully saturated rings. The molecule has 2 atom stereocenters. The third-order valence-electron chi connectivity index (χ3n) is 4.98. The van der Waals surface area contributed by atoms with E-state index in [1.165, 1.54) is 0 Å². The number of H-pyrrole nitrogens is 1. The van der Waals surface area contributed by atoms with Gasteiger partial charge in [-0.3, -0.25) is 9.59 Å². The highest BCUT2D eigenvalue weighted by Crippen LogP contribution is 2.39. The molecule has 1 spiro atoms. The second-order valence-electron chi connectivity index (χ2n) is 6.99. The third kappa shape index (κ3) is 2.91. The Hall–Kier alpha value is -3.13. The fourth-order valence-electron chi connectivity index (χ4n) is 3.68. The van der Waals surface area contributed by atoms with Crippen LogP contribution in [0.25, 0.3) is 10.9 Å². The monoisotopic (exact) mass is 409 g/mol. The molecule has 146 valence electrons. The van der Waals surface area contributed by atoms with Crippen LogP contribution in [0.5, 0.6) is 5.75 Å². The van der Waals surface area contributed by atoms with E-state index < -0.39 is 17.5 Å². The summed E-state index contributed by atoms with van der Waals surface area (Å²) in [5.41, 5.74) is 3.64. The number of carbonyl (C=O) groups excluding carboxylic acids is 1. The maximum atomic E-state index is 13.4. The lowest BCUT2D eigenvalue weighted by Crippen LogP contribution is -2.62. The first-order valence-corrected chi connectivity index (χ1v) is 9.38. The molecule has 2 unspecified atom stereocenters. The minimum absolute atomic E-state index is 0.217. The molecule has 2 aliphatic heterocycles. The zero-order valence-corrected chi connectivity index (χ0v) is 16.0. The molecule has 8 heteroatoms. The van der Waals surface area contributed by atoms with Crippen LogP contribution < -0.4 is 21.1 Å². The fraction of sp³-hybridized carbons (Fsp3) is 0.143. The molecular weight excluding hydrogens is 394 g/mol. The smallest absolute Gasteiger partial charge is 0.272 e. The van der Waals surface area contributed by atoms with Gasteiger partial charge in [-0.1, -0.05) is 29.2 Å². The number of para-hydroxylation sites is 1. The van der Waals surface area contributed by atoms with Crippen LogP contribution in [-0.4, -0.2) is 16.6 Å². The molecule has 0 amide bonds. The summed E-state index contributed by atoms with van der Waals surface area (Å²) >= 11 is 5.95. The second kappa shape index (κ2) is 6.45. The summed E-state index contributed by atoms with van der Waals surface area (Å²) in [4.78, 5) is 34.5. The lowest BCUT2D eigenvalue weighted by atomic mass is 9.94. The van der Waals surface area contributed by atoms with Gasteiger partial charge in [0, 0.05) is 22.0 Å². The number of ether oxygens (including phenoxy) is 1. The Morgan fingerprint density at radius 1 is 1.14 bits per heavy atom. The number of pyridine rings is 1. The number of ketones is 1. The van der Waals surface area contributed by atoms with Crippen molar-refractivity contribution in [1.29, 1.82) is 0 Å². The lowest BCUT2D eigenvalue weighted by molar-refractivity contribution is -0.0617. The van der Waals surface area contributed by atoms with E-state index in [2.05, 4.69) is 15.8 Å². The Bertz CT molecular complexity index is 1230. The van der Waals surface area contributed by atoms with Crippen LogP contribution in [0.15, 0.2) is 65.2 Å². The van der Waals surface area contributed by atoms with Crippen LogP contribution in [0, 0.1) is 0 Å². The first-order chi connectivity index (χ1) is 14.0. The predicted octanol–water partition coefficient (Wildman–Crippen LogP) is 3.18. The number of hydrogen-bond acceptors (Lipinski definition) is 6. The van der Waals surface area contributed by atoms with Gasteiger partial charge in [-0.25, -0.2) is 5.32 Å². The van der Waals surface area contributed by atoms with Crippen LogP contribution in [0.2, 0.25) is 5.02 Å². The van der Waals surface area contributed by atoms with E-state index in [0.717, 1.165) is 0 Å². The molecule has 0 saturated heterocycles. The second-order valence-corrected chi connectivity index (χ2v) is 7.42. The molecule has 3 aromatic rings. The van der Waals surface area contributed by atoms with Gasteiger partial charge in [-0.2, -0.15) is 0 Å². The number of aromatic nitrogens is 1. The molecule has 2 aliphatic rings. The highest BCUT2D eigenvalue weighted by atomic mass is 35.5. The molecular formula is C21H16ClN3O4. The minimum atomic E-state index is -1.28. The van der Waals surface area contributed by atoms with Crippen LogP contribution in [0.4, 0.5) is 0 Å². The summed E-state index contributed by atoms with van der Waals surface area (Å²) in [6.45, 7) is 1.76. The Labute approximate surface area is 170 Å². The topological polar surface area (TPSA) is 92.5 Å². The van der Waals surface area contributed by atoms with Crippen molar-refractivity contribution in [1.82, 2.24) is 15.8 Å². The Kier molecular flexibility index (Phi) is 3.99. The van der Waals surface area contributed by atoms with Gasteiger partial charge in [0.15, 0.2) is 5.78 Å². The summed E-state index contributed by atoms with van der Waals surface area (Å²) in [6, 6.07) is 12.8. The average molecular weight is 410 g/mol. The average Bonchev–Trinajstić information content (AvgIpc) is 3.07. The van der Waals surface area contributed by atoms with Crippen molar-refractivity contribution in [2.45, 2.75) is 18.8 Å². The highest BCUT2D eigenvalue weighted by Gasteiger charge is 2.47. The van der Waals surface area contributed by atoms with E-state index in [-0.39, 0.29) is 11.3 Å². The molecule has 3 heterocycles. The molecule has 0 bridgehead atoms. The summed E-state index contributed by atoms with van der Waals surface area (Å²) in [6.07, 6.45) is 1.69. The van der Waals surface area contributed by atoms with Gasteiger partial charge < -0.3 is 14.6 Å².